The number of amides is 4. The number of alkyl halides is 3. The van der Waals surface area contributed by atoms with Crippen LogP contribution < -0.4 is 4.90 Å². The summed E-state index contributed by atoms with van der Waals surface area (Å²) in [7, 11) is 0. The number of allylic oxidation sites excluding steroid dienone is 2. The van der Waals surface area contributed by atoms with Gasteiger partial charge in [0.05, 0.1) is 27.4 Å². The van der Waals surface area contributed by atoms with Gasteiger partial charge in [-0.05, 0) is 64.5 Å². The summed E-state index contributed by atoms with van der Waals surface area (Å²) in [6, 6.07) is 13.0. The molecule has 38 heavy (non-hydrogen) atoms. The van der Waals surface area contributed by atoms with Crippen LogP contribution in [0.2, 0.25) is 0 Å². The minimum atomic E-state index is -1.92. The first-order chi connectivity index (χ1) is 18.1. The molecule has 11 heteroatoms. The minimum absolute atomic E-state index is 0.0976. The third-order valence-electron chi connectivity index (χ3n) is 8.31. The van der Waals surface area contributed by atoms with Crippen molar-refractivity contribution in [1.29, 1.82) is 0 Å². The number of imide groups is 2. The Bertz CT molecular complexity index is 1460. The van der Waals surface area contributed by atoms with Gasteiger partial charge in [-0.3, -0.25) is 29.0 Å². The highest BCUT2D eigenvalue weighted by Crippen LogP contribution is 2.65. The molecule has 6 nitrogen and oxygen atoms in total. The van der Waals surface area contributed by atoms with Crippen LogP contribution in [0.3, 0.4) is 0 Å². The van der Waals surface area contributed by atoms with Gasteiger partial charge >= 0.3 is 0 Å². The number of likely N-dealkylation sites (tertiary alicyclic amines) is 1. The van der Waals surface area contributed by atoms with Crippen LogP contribution in [0.5, 0.6) is 0 Å². The highest BCUT2D eigenvalue weighted by Gasteiger charge is 2.76. The molecule has 2 aliphatic heterocycles. The van der Waals surface area contributed by atoms with E-state index in [0.29, 0.717) is 16.8 Å². The molecule has 6 atom stereocenters. The average Bonchev–Trinajstić information content (AvgIpc) is 3.24. The molecular weight excluding hydrogens is 666 g/mol. The van der Waals surface area contributed by atoms with E-state index in [2.05, 4.69) is 31.9 Å². The van der Waals surface area contributed by atoms with E-state index in [1.165, 1.54) is 23.1 Å². The summed E-state index contributed by atoms with van der Waals surface area (Å²) in [6.45, 7) is 0. The summed E-state index contributed by atoms with van der Waals surface area (Å²) in [5, 5.41) is 0. The van der Waals surface area contributed by atoms with Crippen LogP contribution in [0, 0.1) is 23.6 Å². The zero-order chi connectivity index (χ0) is 27.1. The Labute approximate surface area is 244 Å². The topological polar surface area (TPSA) is 74.8 Å². The van der Waals surface area contributed by atoms with Crippen molar-refractivity contribution < 1.29 is 23.6 Å². The number of halogens is 5. The van der Waals surface area contributed by atoms with Gasteiger partial charge in [-0.25, -0.2) is 4.39 Å². The molecule has 2 aromatic rings. The fourth-order valence-electron chi connectivity index (χ4n) is 6.65. The van der Waals surface area contributed by atoms with Gasteiger partial charge in [0.25, 0.3) is 11.8 Å². The molecule has 1 saturated carbocycles. The predicted octanol–water partition coefficient (Wildman–Crippen LogP) is 5.50. The molecule has 0 N–H and O–H groups in total. The van der Waals surface area contributed by atoms with Gasteiger partial charge < -0.3 is 0 Å². The van der Waals surface area contributed by atoms with Crippen LogP contribution in [-0.2, 0) is 19.2 Å². The highest BCUT2D eigenvalue weighted by molar-refractivity contribution is 9.10. The number of para-hydroxylation sites is 1. The lowest BCUT2D eigenvalue weighted by molar-refractivity contribution is -0.138. The first-order valence-corrected chi connectivity index (χ1v) is 14.6. The molecule has 196 valence electrons. The standard InChI is InChI=1S/C27H19Br2Cl2FN2O4/c28-12-33-24(37)26(30)11-17-15(21(27(26,31)25(33)38)13-6-9-19(32)18(29)10-13)7-8-16-20(17)23(36)34(22(16)35)14-4-2-1-3-5-14/h1-7,9-10,16-17,20-21H,8,11-12H2/t16?,17?,20?,21-,26+,27-/m0/s1. The van der Waals surface area contributed by atoms with Crippen molar-refractivity contribution in [3.8, 4) is 0 Å². The Morgan fingerprint density at radius 2 is 1.68 bits per heavy atom. The van der Waals surface area contributed by atoms with E-state index in [9.17, 15) is 23.6 Å². The fraction of sp³-hybridized carbons (Fsp3) is 0.333. The van der Waals surface area contributed by atoms with Gasteiger partial charge in [0, 0.05) is 5.92 Å². The third-order valence-corrected chi connectivity index (χ3v) is 10.8. The lowest BCUT2D eigenvalue weighted by atomic mass is 9.56. The van der Waals surface area contributed by atoms with Crippen molar-refractivity contribution in [2.45, 2.75) is 28.5 Å². The Morgan fingerprint density at radius 1 is 0.974 bits per heavy atom. The number of hydrogen-bond donors (Lipinski definition) is 0. The van der Waals surface area contributed by atoms with Crippen LogP contribution in [0.15, 0.2) is 64.7 Å². The smallest absolute Gasteiger partial charge is 0.254 e. The normalized spacial score (nSPS) is 34.3. The Kier molecular flexibility index (Phi) is 6.18. The summed E-state index contributed by atoms with van der Waals surface area (Å²) < 4.78 is 14.4. The van der Waals surface area contributed by atoms with Crippen LogP contribution in [0.1, 0.15) is 24.3 Å². The Balaban J connectivity index is 1.53. The highest BCUT2D eigenvalue weighted by atomic mass is 79.9. The summed E-state index contributed by atoms with van der Waals surface area (Å²) >= 11 is 20.7. The molecule has 4 amide bonds. The van der Waals surface area contributed by atoms with Crippen molar-refractivity contribution in [2.24, 2.45) is 17.8 Å². The van der Waals surface area contributed by atoms with Crippen molar-refractivity contribution in [1.82, 2.24) is 4.90 Å². The summed E-state index contributed by atoms with van der Waals surface area (Å²) in [4.78, 5) is 53.0. The molecule has 4 aliphatic rings. The number of fused-ring (bicyclic) bond motifs is 4. The van der Waals surface area contributed by atoms with Gasteiger partial charge in [-0.2, -0.15) is 0 Å². The average molecular weight is 685 g/mol. The zero-order valence-electron chi connectivity index (χ0n) is 19.5. The number of rotatable bonds is 3. The molecule has 2 heterocycles. The van der Waals surface area contributed by atoms with Crippen LogP contribution >= 0.6 is 55.1 Å². The second kappa shape index (κ2) is 8.98. The second-order valence-electron chi connectivity index (χ2n) is 10.0. The molecule has 2 aliphatic carbocycles. The van der Waals surface area contributed by atoms with E-state index in [4.69, 9.17) is 23.2 Å². The number of nitrogens with zero attached hydrogens (tertiary/aromatic N) is 2. The summed E-state index contributed by atoms with van der Waals surface area (Å²) in [5.74, 6) is -5.53. The molecule has 6 rings (SSSR count). The van der Waals surface area contributed by atoms with E-state index < -0.39 is 51.1 Å². The third kappa shape index (κ3) is 3.28. The van der Waals surface area contributed by atoms with Gasteiger partial charge in [-0.15, -0.1) is 23.2 Å². The monoisotopic (exact) mass is 682 g/mol. The van der Waals surface area contributed by atoms with Gasteiger partial charge in [0.2, 0.25) is 11.8 Å². The van der Waals surface area contributed by atoms with Gasteiger partial charge in [0.1, 0.15) is 5.82 Å². The number of carbonyl (C=O) groups is 4. The van der Waals surface area contributed by atoms with E-state index >= 15 is 0 Å². The molecule has 2 saturated heterocycles. The first kappa shape index (κ1) is 26.2. The van der Waals surface area contributed by atoms with E-state index in [0.717, 1.165) is 4.90 Å². The maximum atomic E-state index is 14.2. The molecule has 3 fully saturated rings. The van der Waals surface area contributed by atoms with Crippen LogP contribution in [-0.4, -0.2) is 43.7 Å². The largest absolute Gasteiger partial charge is 0.274 e. The molecular formula is C27H19Br2Cl2FN2O4. The molecule has 0 spiro atoms. The van der Waals surface area contributed by atoms with Gasteiger partial charge in [0.15, 0.2) is 9.75 Å². The first-order valence-electron chi connectivity index (χ1n) is 11.9. The maximum absolute atomic E-state index is 14.2. The Hall–Kier alpha value is -2.07. The molecule has 0 bridgehead atoms. The van der Waals surface area contributed by atoms with E-state index in [-0.39, 0.29) is 34.6 Å². The van der Waals surface area contributed by atoms with E-state index in [1.54, 1.807) is 30.3 Å². The second-order valence-corrected chi connectivity index (χ2v) is 12.6. The van der Waals surface area contributed by atoms with Crippen LogP contribution in [0.4, 0.5) is 10.1 Å². The van der Waals surface area contributed by atoms with Crippen molar-refractivity contribution in [3.05, 3.63) is 76.0 Å². The summed E-state index contributed by atoms with van der Waals surface area (Å²) in [5.41, 5.74) is 1.49. The maximum Gasteiger partial charge on any atom is 0.254 e. The van der Waals surface area contributed by atoms with Crippen molar-refractivity contribution >= 4 is 84.4 Å². The zero-order valence-corrected chi connectivity index (χ0v) is 24.2. The molecule has 0 aromatic heterocycles. The molecule has 3 unspecified atom stereocenters. The quantitative estimate of drug-likeness (QED) is 0.185. The predicted molar refractivity (Wildman–Crippen MR) is 146 cm³/mol. The SMILES string of the molecule is O=C1C2CC=C3C(C[C@@]4(Cl)C(=O)N(CBr)C(=O)[C@@]4(Cl)[C@H]3c3ccc(F)c(Br)c3)C2C(=O)N1c1ccccc1. The van der Waals surface area contributed by atoms with Crippen LogP contribution in [0.25, 0.3) is 0 Å². The van der Waals surface area contributed by atoms with Crippen molar-refractivity contribution in [2.75, 3.05) is 10.4 Å². The number of carbonyl (C=O) groups excluding carboxylic acids is 4. The number of benzene rings is 2. The molecule has 2 aromatic carbocycles. The van der Waals surface area contributed by atoms with Gasteiger partial charge in [-0.1, -0.05) is 51.8 Å². The molecule has 0 radical (unpaired) electrons. The minimum Gasteiger partial charge on any atom is -0.274 e. The lowest BCUT2D eigenvalue weighted by Crippen LogP contribution is -2.60. The fourth-order valence-corrected chi connectivity index (χ4v) is 8.47. The summed E-state index contributed by atoms with van der Waals surface area (Å²) in [6.07, 6.45) is 2.01. The van der Waals surface area contributed by atoms with Crippen molar-refractivity contribution in [3.63, 3.8) is 0 Å². The van der Waals surface area contributed by atoms with E-state index in [1.807, 2.05) is 6.08 Å². The Morgan fingerprint density at radius 3 is 2.34 bits per heavy atom. The number of hydrogen-bond acceptors (Lipinski definition) is 4. The number of anilines is 1. The lowest BCUT2D eigenvalue weighted by Gasteiger charge is -2.50.